The van der Waals surface area contributed by atoms with Gasteiger partial charge in [0.1, 0.15) is 5.82 Å². The molecule has 0 aromatic carbocycles. The summed E-state index contributed by atoms with van der Waals surface area (Å²) in [4.78, 5) is 22.9. The molecule has 1 aliphatic carbocycles. The molecule has 20 heavy (non-hydrogen) atoms. The zero-order valence-corrected chi connectivity index (χ0v) is 12.5. The van der Waals surface area contributed by atoms with E-state index in [4.69, 9.17) is 0 Å². The van der Waals surface area contributed by atoms with Gasteiger partial charge >= 0.3 is 0 Å². The number of fused-ring (bicyclic) bond motifs is 1. The predicted molar refractivity (Wildman–Crippen MR) is 79.0 cm³/mol. The first-order valence-corrected chi connectivity index (χ1v) is 7.65. The van der Waals surface area contributed by atoms with E-state index in [1.54, 1.807) is 0 Å². The first kappa shape index (κ1) is 13.2. The number of carbonyl (C=O) groups is 1. The average Bonchev–Trinajstić information content (AvgIpc) is 2.85. The average molecular weight is 287 g/mol. The predicted octanol–water partition coefficient (Wildman–Crippen LogP) is 2.96. The highest BCUT2D eigenvalue weighted by Gasteiger charge is 2.24. The highest BCUT2D eigenvalue weighted by molar-refractivity contribution is 7.13. The fourth-order valence-corrected chi connectivity index (χ4v) is 3.35. The van der Waals surface area contributed by atoms with Crippen LogP contribution in [0.4, 0.5) is 0 Å². The second-order valence-electron chi connectivity index (χ2n) is 5.15. The van der Waals surface area contributed by atoms with Crippen LogP contribution in [0.25, 0.3) is 0 Å². The van der Waals surface area contributed by atoms with Crippen molar-refractivity contribution in [1.82, 2.24) is 15.3 Å². The normalized spacial score (nSPS) is 17.6. The first-order valence-electron chi connectivity index (χ1n) is 6.83. The van der Waals surface area contributed by atoms with Gasteiger partial charge in [-0.1, -0.05) is 0 Å². The second kappa shape index (κ2) is 5.32. The van der Waals surface area contributed by atoms with Gasteiger partial charge in [0.15, 0.2) is 0 Å². The number of nitrogens with one attached hydrogen (secondary N) is 1. The number of thiophene rings is 1. The van der Waals surface area contributed by atoms with Gasteiger partial charge in [-0.15, -0.1) is 11.3 Å². The third kappa shape index (κ3) is 2.58. The van der Waals surface area contributed by atoms with E-state index in [-0.39, 0.29) is 11.9 Å². The Morgan fingerprint density at radius 3 is 3.00 bits per heavy atom. The zero-order chi connectivity index (χ0) is 14.1. The molecule has 0 saturated carbocycles. The van der Waals surface area contributed by atoms with Crippen LogP contribution in [-0.4, -0.2) is 15.9 Å². The van der Waals surface area contributed by atoms with E-state index in [1.165, 1.54) is 11.3 Å². The van der Waals surface area contributed by atoms with Crippen LogP contribution in [0.3, 0.4) is 0 Å². The van der Waals surface area contributed by atoms with Gasteiger partial charge < -0.3 is 5.32 Å². The monoisotopic (exact) mass is 287 g/mol. The van der Waals surface area contributed by atoms with Gasteiger partial charge in [-0.3, -0.25) is 4.79 Å². The summed E-state index contributed by atoms with van der Waals surface area (Å²) >= 11 is 1.52. The van der Waals surface area contributed by atoms with Crippen molar-refractivity contribution in [2.45, 2.75) is 39.2 Å². The summed E-state index contributed by atoms with van der Waals surface area (Å²) in [5.41, 5.74) is 2.15. The molecule has 5 heteroatoms. The summed E-state index contributed by atoms with van der Waals surface area (Å²) in [6.07, 6.45) is 4.85. The third-order valence-corrected chi connectivity index (χ3v) is 4.57. The Bertz CT molecular complexity index is 650. The minimum absolute atomic E-state index is 0.00141. The van der Waals surface area contributed by atoms with Gasteiger partial charge in [0.25, 0.3) is 5.91 Å². The molecule has 2 aromatic heterocycles. The molecule has 0 aliphatic heterocycles. The Labute approximate surface area is 122 Å². The standard InChI is InChI=1S/C15H17N3OS/c1-9-6-7-14(20-9)15(19)18-13-5-3-4-12-11(13)8-16-10(2)17-12/h6-8,13H,3-5H2,1-2H3,(H,18,19)/t13-/m1/s1. The van der Waals surface area contributed by atoms with Crippen LogP contribution < -0.4 is 5.32 Å². The van der Waals surface area contributed by atoms with Gasteiger partial charge in [0, 0.05) is 22.3 Å². The van der Waals surface area contributed by atoms with Crippen LogP contribution in [0.15, 0.2) is 18.3 Å². The quantitative estimate of drug-likeness (QED) is 0.924. The fraction of sp³-hybridized carbons (Fsp3) is 0.400. The van der Waals surface area contributed by atoms with Crippen molar-refractivity contribution in [2.75, 3.05) is 0 Å². The molecule has 0 bridgehead atoms. The number of rotatable bonds is 2. The minimum atomic E-state index is 0.00141. The van der Waals surface area contributed by atoms with Crippen molar-refractivity contribution in [2.24, 2.45) is 0 Å². The van der Waals surface area contributed by atoms with Crippen molar-refractivity contribution < 1.29 is 4.79 Å². The van der Waals surface area contributed by atoms with Gasteiger partial charge in [-0.2, -0.15) is 0 Å². The van der Waals surface area contributed by atoms with E-state index in [0.717, 1.165) is 46.1 Å². The maximum Gasteiger partial charge on any atom is 0.261 e. The maximum absolute atomic E-state index is 12.3. The molecule has 0 saturated heterocycles. The Balaban J connectivity index is 1.81. The largest absolute Gasteiger partial charge is 0.344 e. The van der Waals surface area contributed by atoms with E-state index in [9.17, 15) is 4.79 Å². The summed E-state index contributed by atoms with van der Waals surface area (Å²) < 4.78 is 0. The molecule has 1 atom stereocenters. The van der Waals surface area contributed by atoms with Gasteiger partial charge in [0.05, 0.1) is 10.9 Å². The van der Waals surface area contributed by atoms with Crippen molar-refractivity contribution in [3.8, 4) is 0 Å². The lowest BCUT2D eigenvalue weighted by Gasteiger charge is -2.25. The highest BCUT2D eigenvalue weighted by Crippen LogP contribution is 2.28. The molecular weight excluding hydrogens is 270 g/mol. The van der Waals surface area contributed by atoms with E-state index in [0.29, 0.717) is 0 Å². The summed E-state index contributed by atoms with van der Waals surface area (Å²) in [5.74, 6) is 0.797. The van der Waals surface area contributed by atoms with Crippen molar-refractivity contribution >= 4 is 17.2 Å². The van der Waals surface area contributed by atoms with Gasteiger partial charge in [-0.05, 0) is 45.2 Å². The van der Waals surface area contributed by atoms with Crippen LogP contribution in [0, 0.1) is 13.8 Å². The first-order chi connectivity index (χ1) is 9.63. The molecule has 0 unspecified atom stereocenters. The summed E-state index contributed by atoms with van der Waals surface area (Å²) in [5, 5.41) is 3.12. The number of nitrogens with zero attached hydrogens (tertiary/aromatic N) is 2. The Morgan fingerprint density at radius 1 is 1.40 bits per heavy atom. The minimum Gasteiger partial charge on any atom is -0.344 e. The number of amides is 1. The van der Waals surface area contributed by atoms with Gasteiger partial charge in [0.2, 0.25) is 0 Å². The van der Waals surface area contributed by atoms with Gasteiger partial charge in [-0.25, -0.2) is 9.97 Å². The molecule has 1 amide bonds. The summed E-state index contributed by atoms with van der Waals surface area (Å²) in [6, 6.07) is 3.89. The SMILES string of the molecule is Cc1ncc2c(n1)CCC[C@H]2NC(=O)c1ccc(C)s1. The van der Waals surface area contributed by atoms with E-state index in [2.05, 4.69) is 15.3 Å². The number of aromatic nitrogens is 2. The molecule has 2 aromatic rings. The van der Waals surface area contributed by atoms with E-state index < -0.39 is 0 Å². The number of hydrogen-bond donors (Lipinski definition) is 1. The summed E-state index contributed by atoms with van der Waals surface area (Å²) in [6.45, 7) is 3.91. The fourth-order valence-electron chi connectivity index (χ4n) is 2.58. The lowest BCUT2D eigenvalue weighted by Crippen LogP contribution is -2.31. The Morgan fingerprint density at radius 2 is 2.25 bits per heavy atom. The second-order valence-corrected chi connectivity index (χ2v) is 6.44. The molecule has 104 valence electrons. The maximum atomic E-state index is 12.3. The van der Waals surface area contributed by atoms with E-state index in [1.807, 2.05) is 32.2 Å². The Hall–Kier alpha value is -1.75. The molecule has 1 aliphatic rings. The number of carbonyl (C=O) groups excluding carboxylic acids is 1. The molecule has 0 radical (unpaired) electrons. The zero-order valence-electron chi connectivity index (χ0n) is 11.6. The molecule has 3 rings (SSSR count). The smallest absolute Gasteiger partial charge is 0.261 e. The topological polar surface area (TPSA) is 54.9 Å². The lowest BCUT2D eigenvalue weighted by atomic mass is 9.92. The molecule has 2 heterocycles. The molecule has 0 spiro atoms. The van der Waals surface area contributed by atoms with Crippen LogP contribution in [0.2, 0.25) is 0 Å². The molecule has 0 fully saturated rings. The van der Waals surface area contributed by atoms with Crippen LogP contribution >= 0.6 is 11.3 Å². The summed E-state index contributed by atoms with van der Waals surface area (Å²) in [7, 11) is 0. The molecule has 1 N–H and O–H groups in total. The van der Waals surface area contributed by atoms with Crippen LogP contribution in [0.1, 0.15) is 50.5 Å². The molecular formula is C15H17N3OS. The lowest BCUT2D eigenvalue weighted by molar-refractivity contribution is 0.0936. The van der Waals surface area contributed by atoms with E-state index >= 15 is 0 Å². The van der Waals surface area contributed by atoms with Crippen LogP contribution in [0.5, 0.6) is 0 Å². The third-order valence-electron chi connectivity index (χ3n) is 3.57. The molecule has 4 nitrogen and oxygen atoms in total. The number of aryl methyl sites for hydroxylation is 3. The van der Waals surface area contributed by atoms with Crippen molar-refractivity contribution in [1.29, 1.82) is 0 Å². The van der Waals surface area contributed by atoms with Crippen molar-refractivity contribution in [3.05, 3.63) is 45.2 Å². The highest BCUT2D eigenvalue weighted by atomic mass is 32.1. The Kier molecular flexibility index (Phi) is 3.53. The number of hydrogen-bond acceptors (Lipinski definition) is 4. The van der Waals surface area contributed by atoms with Crippen LogP contribution in [-0.2, 0) is 6.42 Å². The van der Waals surface area contributed by atoms with Crippen molar-refractivity contribution in [3.63, 3.8) is 0 Å².